The monoisotopic (exact) mass is 245 g/mol. The first-order valence-electron chi connectivity index (χ1n) is 4.70. The molecule has 1 aromatic rings. The van der Waals surface area contributed by atoms with E-state index in [9.17, 15) is 4.79 Å². The molecule has 1 N–H and O–H groups in total. The Kier molecular flexibility index (Phi) is 3.79. The lowest BCUT2D eigenvalue weighted by Gasteiger charge is -2.23. The van der Waals surface area contributed by atoms with Crippen molar-refractivity contribution in [3.63, 3.8) is 0 Å². The molecule has 1 aromatic heterocycles. The van der Waals surface area contributed by atoms with Crippen LogP contribution >= 0.6 is 11.8 Å². The van der Waals surface area contributed by atoms with E-state index in [1.165, 1.54) is 7.11 Å². The molecule has 0 fully saturated rings. The Balaban J connectivity index is 3.01. The Hall–Kier alpha value is -1.24. The fraction of sp³-hybridized carbons (Fsp3) is 0.667. The lowest BCUT2D eigenvalue weighted by atomic mass is 10.1. The normalized spacial score (nSPS) is 11.5. The van der Waals surface area contributed by atoms with Crippen molar-refractivity contribution in [2.75, 3.05) is 12.9 Å². The summed E-state index contributed by atoms with van der Waals surface area (Å²) >= 11 is 1.13. The molecule has 0 amide bonds. The highest BCUT2D eigenvalue weighted by Gasteiger charge is 2.24. The van der Waals surface area contributed by atoms with Crippen molar-refractivity contribution in [2.24, 2.45) is 0 Å². The van der Waals surface area contributed by atoms with Crippen LogP contribution in [0.3, 0.4) is 0 Å². The predicted octanol–water partition coefficient (Wildman–Crippen LogP) is 1.22. The van der Waals surface area contributed by atoms with Crippen molar-refractivity contribution in [3.8, 4) is 6.01 Å². The van der Waals surface area contributed by atoms with Gasteiger partial charge in [0.05, 0.1) is 12.9 Å². The topological polar surface area (TPSA) is 77.2 Å². The highest BCUT2D eigenvalue weighted by atomic mass is 32.2. The zero-order valence-electron chi connectivity index (χ0n) is 9.72. The van der Waals surface area contributed by atoms with Crippen LogP contribution in [0, 0.1) is 0 Å². The van der Waals surface area contributed by atoms with E-state index >= 15 is 0 Å². The second-order valence-electron chi connectivity index (χ2n) is 4.16. The van der Waals surface area contributed by atoms with Crippen molar-refractivity contribution in [2.45, 2.75) is 31.5 Å². The molecular weight excluding hydrogens is 230 g/mol. The van der Waals surface area contributed by atoms with E-state index in [1.807, 2.05) is 20.8 Å². The number of carbonyl (C=O) groups is 1. The fourth-order valence-corrected chi connectivity index (χ4v) is 2.01. The van der Waals surface area contributed by atoms with Gasteiger partial charge in [-0.25, -0.2) is 0 Å². The van der Waals surface area contributed by atoms with Crippen LogP contribution in [0.15, 0.2) is 5.16 Å². The number of hydrogen-bond donors (Lipinski definition) is 1. The molecule has 0 unspecified atom stereocenters. The van der Waals surface area contributed by atoms with Crippen LogP contribution in [-0.2, 0) is 10.3 Å². The minimum atomic E-state index is -0.882. The van der Waals surface area contributed by atoms with Gasteiger partial charge in [-0.3, -0.25) is 9.36 Å². The highest BCUT2D eigenvalue weighted by molar-refractivity contribution is 7.99. The first-order chi connectivity index (χ1) is 7.36. The van der Waals surface area contributed by atoms with Gasteiger partial charge in [-0.2, -0.15) is 0 Å². The van der Waals surface area contributed by atoms with Crippen LogP contribution in [0.1, 0.15) is 20.8 Å². The first-order valence-corrected chi connectivity index (χ1v) is 5.69. The molecule has 0 aliphatic rings. The van der Waals surface area contributed by atoms with Gasteiger partial charge in [-0.05, 0) is 20.8 Å². The smallest absolute Gasteiger partial charge is 0.317 e. The summed E-state index contributed by atoms with van der Waals surface area (Å²) in [5.41, 5.74) is -0.254. The quantitative estimate of drug-likeness (QED) is 0.804. The third-order valence-electron chi connectivity index (χ3n) is 1.78. The average Bonchev–Trinajstić information content (AvgIpc) is 2.56. The lowest BCUT2D eigenvalue weighted by molar-refractivity contribution is -0.133. The molecule has 0 saturated carbocycles. The number of carboxylic acids is 1. The van der Waals surface area contributed by atoms with Gasteiger partial charge in [-0.1, -0.05) is 16.9 Å². The van der Waals surface area contributed by atoms with Gasteiger partial charge in [0.25, 0.3) is 0 Å². The maximum atomic E-state index is 10.5. The summed E-state index contributed by atoms with van der Waals surface area (Å²) in [6, 6.07) is 0.389. The third kappa shape index (κ3) is 2.88. The Morgan fingerprint density at radius 2 is 2.12 bits per heavy atom. The summed E-state index contributed by atoms with van der Waals surface area (Å²) in [4.78, 5) is 10.5. The summed E-state index contributed by atoms with van der Waals surface area (Å²) in [7, 11) is 1.51. The third-order valence-corrected chi connectivity index (χ3v) is 2.70. The minimum absolute atomic E-state index is 0.0437. The molecule has 0 aromatic carbocycles. The lowest BCUT2D eigenvalue weighted by Crippen LogP contribution is -2.23. The van der Waals surface area contributed by atoms with Gasteiger partial charge >= 0.3 is 12.0 Å². The van der Waals surface area contributed by atoms with E-state index in [-0.39, 0.29) is 11.3 Å². The fourth-order valence-electron chi connectivity index (χ4n) is 1.18. The maximum absolute atomic E-state index is 10.5. The molecule has 90 valence electrons. The van der Waals surface area contributed by atoms with E-state index in [4.69, 9.17) is 9.84 Å². The second kappa shape index (κ2) is 4.73. The van der Waals surface area contributed by atoms with Crippen LogP contribution in [0.4, 0.5) is 0 Å². The van der Waals surface area contributed by atoms with E-state index in [1.54, 1.807) is 4.57 Å². The molecule has 0 bridgehead atoms. The molecule has 0 spiro atoms. The zero-order valence-corrected chi connectivity index (χ0v) is 10.5. The van der Waals surface area contributed by atoms with Gasteiger partial charge < -0.3 is 9.84 Å². The summed E-state index contributed by atoms with van der Waals surface area (Å²) in [6.07, 6.45) is 0. The molecule has 6 nitrogen and oxygen atoms in total. The van der Waals surface area contributed by atoms with Crippen molar-refractivity contribution in [3.05, 3.63) is 0 Å². The summed E-state index contributed by atoms with van der Waals surface area (Å²) < 4.78 is 6.87. The van der Waals surface area contributed by atoms with Crippen molar-refractivity contribution < 1.29 is 14.6 Å². The Morgan fingerprint density at radius 1 is 1.50 bits per heavy atom. The minimum Gasteiger partial charge on any atom is -0.481 e. The van der Waals surface area contributed by atoms with E-state index < -0.39 is 5.97 Å². The Labute approximate surface area is 98.0 Å². The first kappa shape index (κ1) is 12.8. The van der Waals surface area contributed by atoms with Gasteiger partial charge in [0.1, 0.15) is 0 Å². The SMILES string of the molecule is COc1nnc(SCC(=O)O)n1C(C)(C)C. The van der Waals surface area contributed by atoms with Crippen LogP contribution in [0.25, 0.3) is 0 Å². The second-order valence-corrected chi connectivity index (χ2v) is 5.10. The summed E-state index contributed by atoms with van der Waals surface area (Å²) in [6.45, 7) is 5.93. The molecule has 0 radical (unpaired) electrons. The zero-order chi connectivity index (χ0) is 12.3. The largest absolute Gasteiger partial charge is 0.481 e. The number of ether oxygens (including phenoxy) is 1. The number of nitrogens with zero attached hydrogens (tertiary/aromatic N) is 3. The van der Waals surface area contributed by atoms with Crippen LogP contribution in [0.5, 0.6) is 6.01 Å². The molecule has 0 atom stereocenters. The van der Waals surface area contributed by atoms with Gasteiger partial charge in [0, 0.05) is 5.54 Å². The number of aromatic nitrogens is 3. The molecule has 0 aliphatic carbocycles. The number of hydrogen-bond acceptors (Lipinski definition) is 5. The van der Waals surface area contributed by atoms with Crippen molar-refractivity contribution >= 4 is 17.7 Å². The number of aliphatic carboxylic acids is 1. The maximum Gasteiger partial charge on any atom is 0.317 e. The number of carboxylic acid groups (broad SMARTS) is 1. The molecule has 0 saturated heterocycles. The Morgan fingerprint density at radius 3 is 2.56 bits per heavy atom. The number of rotatable bonds is 4. The van der Waals surface area contributed by atoms with E-state index in [0.717, 1.165) is 11.8 Å². The summed E-state index contributed by atoms with van der Waals surface area (Å²) in [5, 5.41) is 16.9. The summed E-state index contributed by atoms with van der Waals surface area (Å²) in [5.74, 6) is -0.926. The van der Waals surface area contributed by atoms with Gasteiger partial charge in [0.2, 0.25) is 0 Å². The van der Waals surface area contributed by atoms with Crippen LogP contribution in [0.2, 0.25) is 0 Å². The molecule has 1 rings (SSSR count). The average molecular weight is 245 g/mol. The van der Waals surface area contributed by atoms with E-state index in [2.05, 4.69) is 10.2 Å². The van der Waals surface area contributed by atoms with E-state index in [0.29, 0.717) is 11.2 Å². The number of thioether (sulfide) groups is 1. The van der Waals surface area contributed by atoms with Crippen molar-refractivity contribution in [1.29, 1.82) is 0 Å². The predicted molar refractivity (Wildman–Crippen MR) is 59.9 cm³/mol. The Bertz CT molecular complexity index is 384. The highest BCUT2D eigenvalue weighted by Crippen LogP contribution is 2.28. The molecule has 16 heavy (non-hydrogen) atoms. The number of methoxy groups -OCH3 is 1. The van der Waals surface area contributed by atoms with Crippen LogP contribution in [-0.4, -0.2) is 38.7 Å². The molecular formula is C9H15N3O3S. The van der Waals surface area contributed by atoms with Gasteiger partial charge in [-0.15, -0.1) is 5.10 Å². The molecule has 7 heteroatoms. The molecule has 0 aliphatic heterocycles. The molecule has 1 heterocycles. The van der Waals surface area contributed by atoms with Crippen molar-refractivity contribution in [1.82, 2.24) is 14.8 Å². The van der Waals surface area contributed by atoms with Gasteiger partial charge in [0.15, 0.2) is 5.16 Å². The van der Waals surface area contributed by atoms with Crippen LogP contribution < -0.4 is 4.74 Å². The standard InChI is InChI=1S/C9H15N3O3S/c1-9(2,3)12-7(15-4)10-11-8(12)16-5-6(13)14/h5H2,1-4H3,(H,13,14).